The van der Waals surface area contributed by atoms with Crippen LogP contribution in [0.2, 0.25) is 0 Å². The van der Waals surface area contributed by atoms with Crippen LogP contribution >= 0.6 is 22.7 Å². The Morgan fingerprint density at radius 3 is 2.86 bits per heavy atom. The van der Waals surface area contributed by atoms with Gasteiger partial charge >= 0.3 is 0 Å². The number of aromatic nitrogens is 1. The number of hydrogen-bond donors (Lipinski definition) is 1. The molecule has 0 bridgehead atoms. The quantitative estimate of drug-likeness (QED) is 0.684. The second kappa shape index (κ2) is 6.93. The molecule has 0 saturated heterocycles. The molecule has 2 nitrogen and oxygen atoms in total. The van der Waals surface area contributed by atoms with Gasteiger partial charge < -0.3 is 5.32 Å². The van der Waals surface area contributed by atoms with Gasteiger partial charge in [-0.25, -0.2) is 9.37 Å². The molecule has 108 valence electrons. The van der Waals surface area contributed by atoms with Crippen molar-refractivity contribution < 1.29 is 4.39 Å². The maximum absolute atomic E-state index is 13.9. The molecule has 0 atom stereocenters. The standard InChI is InChI=1S/C16H15FN2S2/c17-14-4-3-12(10-13(14)15-2-1-8-20-15)11-18-6-5-16-19-7-9-21-16/h1-4,7-10,18H,5-6,11H2. The molecule has 0 radical (unpaired) electrons. The normalized spacial score (nSPS) is 10.9. The second-order valence-corrected chi connectivity index (χ2v) is 6.57. The van der Waals surface area contributed by atoms with E-state index in [2.05, 4.69) is 10.3 Å². The van der Waals surface area contributed by atoms with Crippen LogP contribution in [-0.4, -0.2) is 11.5 Å². The molecule has 0 fully saturated rings. The summed E-state index contributed by atoms with van der Waals surface area (Å²) in [6.07, 6.45) is 2.75. The lowest BCUT2D eigenvalue weighted by Gasteiger charge is -2.07. The van der Waals surface area contributed by atoms with Gasteiger partial charge in [-0.2, -0.15) is 0 Å². The molecule has 1 N–H and O–H groups in total. The van der Waals surface area contributed by atoms with Crippen molar-refractivity contribution in [3.63, 3.8) is 0 Å². The van der Waals surface area contributed by atoms with Crippen molar-refractivity contribution in [2.45, 2.75) is 13.0 Å². The second-order valence-electron chi connectivity index (χ2n) is 4.64. The Morgan fingerprint density at radius 1 is 1.14 bits per heavy atom. The minimum Gasteiger partial charge on any atom is -0.312 e. The first kappa shape index (κ1) is 14.4. The van der Waals surface area contributed by atoms with Crippen LogP contribution in [0.3, 0.4) is 0 Å². The lowest BCUT2D eigenvalue weighted by atomic mass is 10.1. The Kier molecular flexibility index (Phi) is 4.75. The maximum atomic E-state index is 13.9. The molecule has 5 heteroatoms. The van der Waals surface area contributed by atoms with Gasteiger partial charge in [-0.15, -0.1) is 22.7 Å². The van der Waals surface area contributed by atoms with E-state index >= 15 is 0 Å². The number of hydrogen-bond acceptors (Lipinski definition) is 4. The number of thiazole rings is 1. The van der Waals surface area contributed by atoms with E-state index in [1.54, 1.807) is 28.7 Å². The summed E-state index contributed by atoms with van der Waals surface area (Å²) < 4.78 is 13.9. The molecule has 0 spiro atoms. The van der Waals surface area contributed by atoms with Crippen molar-refractivity contribution in [3.05, 3.63) is 63.7 Å². The molecule has 2 heterocycles. The summed E-state index contributed by atoms with van der Waals surface area (Å²) in [5.74, 6) is -0.163. The summed E-state index contributed by atoms with van der Waals surface area (Å²) >= 11 is 3.23. The fourth-order valence-electron chi connectivity index (χ4n) is 2.11. The summed E-state index contributed by atoms with van der Waals surface area (Å²) in [5, 5.41) is 8.47. The van der Waals surface area contributed by atoms with Gasteiger partial charge in [0.05, 0.1) is 5.01 Å². The van der Waals surface area contributed by atoms with Gasteiger partial charge in [0.15, 0.2) is 0 Å². The molecule has 0 aliphatic heterocycles. The third-order valence-corrected chi connectivity index (χ3v) is 4.89. The van der Waals surface area contributed by atoms with E-state index in [4.69, 9.17) is 0 Å². The molecule has 3 aromatic rings. The van der Waals surface area contributed by atoms with Crippen molar-refractivity contribution >= 4 is 22.7 Å². The van der Waals surface area contributed by atoms with E-state index in [1.807, 2.05) is 41.2 Å². The summed E-state index contributed by atoms with van der Waals surface area (Å²) in [6.45, 7) is 1.61. The van der Waals surface area contributed by atoms with Gasteiger partial charge in [-0.3, -0.25) is 0 Å². The van der Waals surface area contributed by atoms with E-state index in [0.29, 0.717) is 5.56 Å². The largest absolute Gasteiger partial charge is 0.312 e. The predicted octanol–water partition coefficient (Wildman–Crippen LogP) is 4.34. The summed E-state index contributed by atoms with van der Waals surface area (Å²) in [4.78, 5) is 5.22. The van der Waals surface area contributed by atoms with Crippen molar-refractivity contribution in [2.24, 2.45) is 0 Å². The van der Waals surface area contributed by atoms with Gasteiger partial charge in [-0.1, -0.05) is 12.1 Å². The van der Waals surface area contributed by atoms with Crippen molar-refractivity contribution in [1.82, 2.24) is 10.3 Å². The maximum Gasteiger partial charge on any atom is 0.131 e. The first-order valence-corrected chi connectivity index (χ1v) is 8.50. The minimum atomic E-state index is -0.163. The van der Waals surface area contributed by atoms with Crippen molar-refractivity contribution in [1.29, 1.82) is 0 Å². The fourth-order valence-corrected chi connectivity index (χ4v) is 3.47. The monoisotopic (exact) mass is 318 g/mol. The number of nitrogens with zero attached hydrogens (tertiary/aromatic N) is 1. The van der Waals surface area contributed by atoms with E-state index in [0.717, 1.165) is 35.0 Å². The zero-order valence-corrected chi connectivity index (χ0v) is 13.0. The highest BCUT2D eigenvalue weighted by Gasteiger charge is 2.07. The molecular weight excluding hydrogens is 303 g/mol. The smallest absolute Gasteiger partial charge is 0.131 e. The molecule has 0 aliphatic carbocycles. The van der Waals surface area contributed by atoms with E-state index < -0.39 is 0 Å². The van der Waals surface area contributed by atoms with Crippen LogP contribution in [0.1, 0.15) is 10.6 Å². The van der Waals surface area contributed by atoms with Crippen LogP contribution in [0, 0.1) is 5.82 Å². The number of halogens is 1. The Bertz CT molecular complexity index is 678. The molecule has 0 saturated carbocycles. The van der Waals surface area contributed by atoms with Gasteiger partial charge in [0.2, 0.25) is 0 Å². The summed E-state index contributed by atoms with van der Waals surface area (Å²) in [7, 11) is 0. The number of nitrogens with one attached hydrogen (secondary N) is 1. The first-order chi connectivity index (χ1) is 10.3. The zero-order chi connectivity index (χ0) is 14.5. The summed E-state index contributed by atoms with van der Waals surface area (Å²) in [5.41, 5.74) is 1.78. The van der Waals surface area contributed by atoms with Crippen LogP contribution in [-0.2, 0) is 13.0 Å². The van der Waals surface area contributed by atoms with E-state index in [-0.39, 0.29) is 5.82 Å². The Hall–Kier alpha value is -1.56. The van der Waals surface area contributed by atoms with E-state index in [1.165, 1.54) is 0 Å². The van der Waals surface area contributed by atoms with Gasteiger partial charge in [0, 0.05) is 41.5 Å². The van der Waals surface area contributed by atoms with Crippen molar-refractivity contribution in [3.8, 4) is 10.4 Å². The molecule has 1 aromatic carbocycles. The third kappa shape index (κ3) is 3.75. The molecule has 0 unspecified atom stereocenters. The molecule has 3 rings (SSSR count). The third-order valence-electron chi connectivity index (χ3n) is 3.15. The van der Waals surface area contributed by atoms with Crippen LogP contribution in [0.4, 0.5) is 4.39 Å². The molecular formula is C16H15FN2S2. The number of rotatable bonds is 6. The molecule has 2 aromatic heterocycles. The van der Waals surface area contributed by atoms with Gasteiger partial charge in [0.25, 0.3) is 0 Å². The molecule has 0 aliphatic rings. The van der Waals surface area contributed by atoms with Gasteiger partial charge in [0.1, 0.15) is 5.82 Å². The highest BCUT2D eigenvalue weighted by atomic mass is 32.1. The first-order valence-electron chi connectivity index (χ1n) is 6.74. The van der Waals surface area contributed by atoms with Gasteiger partial charge in [-0.05, 0) is 29.1 Å². The van der Waals surface area contributed by atoms with Crippen LogP contribution in [0.25, 0.3) is 10.4 Å². The highest BCUT2D eigenvalue weighted by Crippen LogP contribution is 2.28. The SMILES string of the molecule is Fc1ccc(CNCCc2nccs2)cc1-c1cccs1. The topological polar surface area (TPSA) is 24.9 Å². The average Bonchev–Trinajstić information content (AvgIpc) is 3.18. The summed E-state index contributed by atoms with van der Waals surface area (Å²) in [6, 6.07) is 9.20. The number of benzene rings is 1. The van der Waals surface area contributed by atoms with Crippen molar-refractivity contribution in [2.75, 3.05) is 6.54 Å². The Labute approximate surface area is 131 Å². The Balaban J connectivity index is 1.60. The zero-order valence-electron chi connectivity index (χ0n) is 11.4. The number of thiophene rings is 1. The van der Waals surface area contributed by atoms with Crippen LogP contribution < -0.4 is 5.32 Å². The lowest BCUT2D eigenvalue weighted by Crippen LogP contribution is -2.16. The highest BCUT2D eigenvalue weighted by molar-refractivity contribution is 7.13. The molecule has 0 amide bonds. The fraction of sp³-hybridized carbons (Fsp3) is 0.188. The van der Waals surface area contributed by atoms with E-state index in [9.17, 15) is 4.39 Å². The van der Waals surface area contributed by atoms with Crippen LogP contribution in [0.5, 0.6) is 0 Å². The Morgan fingerprint density at radius 2 is 2.10 bits per heavy atom. The van der Waals surface area contributed by atoms with Crippen LogP contribution in [0.15, 0.2) is 47.3 Å². The molecule has 21 heavy (non-hydrogen) atoms. The minimum absolute atomic E-state index is 0.163. The average molecular weight is 318 g/mol. The predicted molar refractivity (Wildman–Crippen MR) is 87.2 cm³/mol. The lowest BCUT2D eigenvalue weighted by molar-refractivity contribution is 0.628.